The minimum atomic E-state index is -4.21. The van der Waals surface area contributed by atoms with Crippen LogP contribution in [0.3, 0.4) is 0 Å². The van der Waals surface area contributed by atoms with Crippen LogP contribution in [-0.4, -0.2) is 42.9 Å². The average Bonchev–Trinajstić information content (AvgIpc) is 2.82. The van der Waals surface area contributed by atoms with Gasteiger partial charge < -0.3 is 24.4 Å². The molecule has 33 heavy (non-hydrogen) atoms. The maximum Gasteiger partial charge on any atom is 0.267 e. The van der Waals surface area contributed by atoms with E-state index in [1.165, 1.54) is 0 Å². The van der Waals surface area contributed by atoms with Gasteiger partial charge in [-0.1, -0.05) is 48.5 Å². The number of carbonyl (C=O) groups is 1. The molecule has 1 unspecified atom stereocenters. The molecular weight excluding hydrogens is 443 g/mol. The van der Waals surface area contributed by atoms with Crippen LogP contribution in [0.25, 0.3) is 22.0 Å². The molecule has 8 nitrogen and oxygen atoms in total. The molecule has 1 aromatic heterocycles. The fraction of sp³-hybridized carbons (Fsp3) is 0.333. The van der Waals surface area contributed by atoms with Crippen LogP contribution in [0, 0.1) is 0 Å². The number of nitrogens with zero attached hydrogens (tertiary/aromatic N) is 1. The van der Waals surface area contributed by atoms with E-state index in [9.17, 15) is 19.4 Å². The molecule has 3 aromatic rings. The number of para-hydroxylation sites is 1. The Morgan fingerprint density at radius 2 is 1.91 bits per heavy atom. The summed E-state index contributed by atoms with van der Waals surface area (Å²) in [4.78, 5) is 28.4. The molecule has 176 valence electrons. The molecule has 2 N–H and O–H groups in total. The van der Waals surface area contributed by atoms with Crippen LogP contribution in [0.15, 0.2) is 54.7 Å². The van der Waals surface area contributed by atoms with Crippen LogP contribution in [-0.2, 0) is 31.2 Å². The molecule has 1 atom stereocenters. The molecule has 0 saturated heterocycles. The first-order valence-corrected chi connectivity index (χ1v) is 12.2. The van der Waals surface area contributed by atoms with Crippen molar-refractivity contribution in [1.29, 1.82) is 0 Å². The Kier molecular flexibility index (Phi) is 9.11. The summed E-state index contributed by atoms with van der Waals surface area (Å²) in [6, 6.07) is 15.7. The standard InChI is InChI=1S/C24H29N2O6P/c1-31-33(29,30)32-15-6-5-13-25-22(28)16-20-17-26-24-19(12-14-27)10-7-11-21(24)23(20)18-8-3-2-4-9-18/h2-4,7-11,17,27H,5-6,12-16H2,1H3,(H,25,28)(H,29,30)/p-1. The number of rotatable bonds is 12. The minimum absolute atomic E-state index is 0.00735. The third kappa shape index (κ3) is 6.93. The molecule has 0 aliphatic heterocycles. The average molecular weight is 471 g/mol. The zero-order valence-electron chi connectivity index (χ0n) is 18.5. The van der Waals surface area contributed by atoms with Crippen LogP contribution in [0.1, 0.15) is 24.0 Å². The molecule has 2 aromatic carbocycles. The summed E-state index contributed by atoms with van der Waals surface area (Å²) in [6.45, 7) is 0.447. The summed E-state index contributed by atoms with van der Waals surface area (Å²) in [5.41, 5.74) is 4.53. The lowest BCUT2D eigenvalue weighted by atomic mass is 9.93. The fourth-order valence-corrected chi connectivity index (χ4v) is 4.10. The first-order chi connectivity index (χ1) is 15.9. The van der Waals surface area contributed by atoms with Crippen molar-refractivity contribution in [3.05, 3.63) is 65.9 Å². The second kappa shape index (κ2) is 12.0. The van der Waals surface area contributed by atoms with Crippen LogP contribution < -0.4 is 10.2 Å². The third-order valence-corrected chi connectivity index (χ3v) is 6.17. The van der Waals surface area contributed by atoms with Gasteiger partial charge in [-0.25, -0.2) is 0 Å². The number of carbonyl (C=O) groups excluding carboxylic acids is 1. The summed E-state index contributed by atoms with van der Waals surface area (Å²) in [5.74, 6) is -0.146. The van der Waals surface area contributed by atoms with E-state index in [4.69, 9.17) is 0 Å². The second-order valence-corrected chi connectivity index (χ2v) is 9.03. The van der Waals surface area contributed by atoms with Crippen molar-refractivity contribution in [2.45, 2.75) is 25.7 Å². The van der Waals surface area contributed by atoms with Crippen molar-refractivity contribution in [3.8, 4) is 11.1 Å². The van der Waals surface area contributed by atoms with Gasteiger partial charge in [-0.05, 0) is 41.5 Å². The summed E-state index contributed by atoms with van der Waals surface area (Å²) in [5, 5.41) is 13.2. The van der Waals surface area contributed by atoms with Crippen molar-refractivity contribution in [2.75, 3.05) is 26.9 Å². The number of hydrogen-bond acceptors (Lipinski definition) is 7. The summed E-state index contributed by atoms with van der Waals surface area (Å²) >= 11 is 0. The first-order valence-electron chi connectivity index (χ1n) is 10.8. The van der Waals surface area contributed by atoms with Crippen molar-refractivity contribution in [3.63, 3.8) is 0 Å². The molecule has 0 aliphatic carbocycles. The Morgan fingerprint density at radius 1 is 1.12 bits per heavy atom. The molecule has 1 heterocycles. The molecule has 0 radical (unpaired) electrons. The first kappa shape index (κ1) is 25.0. The second-order valence-electron chi connectivity index (χ2n) is 7.51. The highest BCUT2D eigenvalue weighted by Crippen LogP contribution is 2.36. The van der Waals surface area contributed by atoms with Crippen LogP contribution >= 0.6 is 7.82 Å². The molecule has 1 amide bonds. The molecule has 9 heteroatoms. The van der Waals surface area contributed by atoms with Gasteiger partial charge in [0.25, 0.3) is 7.82 Å². The Morgan fingerprint density at radius 3 is 2.64 bits per heavy atom. The van der Waals surface area contributed by atoms with Gasteiger partial charge in [-0.3, -0.25) is 14.3 Å². The molecule has 0 aliphatic rings. The van der Waals surface area contributed by atoms with E-state index in [-0.39, 0.29) is 25.5 Å². The summed E-state index contributed by atoms with van der Waals surface area (Å²) < 4.78 is 20.0. The van der Waals surface area contributed by atoms with Crippen LogP contribution in [0.2, 0.25) is 0 Å². The quantitative estimate of drug-likeness (QED) is 0.308. The predicted molar refractivity (Wildman–Crippen MR) is 124 cm³/mol. The van der Waals surface area contributed by atoms with Gasteiger partial charge in [-0.2, -0.15) is 0 Å². The molecule has 0 saturated carbocycles. The highest BCUT2D eigenvalue weighted by molar-refractivity contribution is 7.45. The van der Waals surface area contributed by atoms with Crippen molar-refractivity contribution in [1.82, 2.24) is 10.3 Å². The number of phosphoric ester groups is 1. The fourth-order valence-electron chi connectivity index (χ4n) is 3.65. The maximum atomic E-state index is 12.6. The lowest BCUT2D eigenvalue weighted by Crippen LogP contribution is -2.26. The molecular formula is C24H28N2O6P-. The predicted octanol–water partition coefficient (Wildman–Crippen LogP) is 3.01. The summed E-state index contributed by atoms with van der Waals surface area (Å²) in [7, 11) is -3.16. The van der Waals surface area contributed by atoms with Gasteiger partial charge >= 0.3 is 0 Å². The van der Waals surface area contributed by atoms with E-state index in [0.29, 0.717) is 25.8 Å². The van der Waals surface area contributed by atoms with E-state index in [1.54, 1.807) is 6.20 Å². The Bertz CT molecular complexity index is 1120. The number of phosphoric acid groups is 1. The Labute approximate surface area is 193 Å². The highest BCUT2D eigenvalue weighted by atomic mass is 31.2. The number of aliphatic hydroxyl groups excluding tert-OH is 1. The smallest absolute Gasteiger partial charge is 0.267 e. The van der Waals surface area contributed by atoms with Crippen molar-refractivity contribution < 1.29 is 28.4 Å². The SMILES string of the molecule is COP(=O)([O-])OCCCCNC(=O)Cc1cnc2c(CCO)cccc2c1-c1ccccc1. The molecule has 3 rings (SSSR count). The minimum Gasteiger partial charge on any atom is -0.756 e. The van der Waals surface area contributed by atoms with Crippen LogP contribution in [0.5, 0.6) is 0 Å². The van der Waals surface area contributed by atoms with E-state index in [2.05, 4.69) is 19.3 Å². The number of unbranched alkanes of at least 4 members (excludes halogenated alkanes) is 1. The highest BCUT2D eigenvalue weighted by Gasteiger charge is 2.15. The molecule has 0 bridgehead atoms. The van der Waals surface area contributed by atoms with Gasteiger partial charge in [0.2, 0.25) is 5.91 Å². The van der Waals surface area contributed by atoms with E-state index >= 15 is 0 Å². The largest absolute Gasteiger partial charge is 0.756 e. The number of fused-ring (bicyclic) bond motifs is 1. The van der Waals surface area contributed by atoms with Gasteiger partial charge in [0, 0.05) is 31.8 Å². The normalized spacial score (nSPS) is 13.1. The zero-order chi connectivity index (χ0) is 23.7. The van der Waals surface area contributed by atoms with Gasteiger partial charge in [-0.15, -0.1) is 0 Å². The summed E-state index contributed by atoms with van der Waals surface area (Å²) in [6.07, 6.45) is 3.44. The number of amides is 1. The van der Waals surface area contributed by atoms with Gasteiger partial charge in [0.05, 0.1) is 18.5 Å². The lowest BCUT2D eigenvalue weighted by Gasteiger charge is -2.19. The molecule has 0 fully saturated rings. The Hall–Kier alpha value is -2.61. The number of pyridine rings is 1. The molecule has 0 spiro atoms. The maximum absolute atomic E-state index is 12.6. The van der Waals surface area contributed by atoms with Gasteiger partial charge in [0.1, 0.15) is 0 Å². The van der Waals surface area contributed by atoms with Crippen LogP contribution in [0.4, 0.5) is 0 Å². The topological polar surface area (TPSA) is 121 Å². The number of aromatic nitrogens is 1. The van der Waals surface area contributed by atoms with Crippen molar-refractivity contribution in [2.24, 2.45) is 0 Å². The Balaban J connectivity index is 1.72. The zero-order valence-corrected chi connectivity index (χ0v) is 19.4. The number of aliphatic hydroxyl groups is 1. The number of hydrogen-bond donors (Lipinski definition) is 2. The lowest BCUT2D eigenvalue weighted by molar-refractivity contribution is -0.223. The van der Waals surface area contributed by atoms with Crippen molar-refractivity contribution >= 4 is 24.6 Å². The number of benzene rings is 2. The van der Waals surface area contributed by atoms with E-state index in [0.717, 1.165) is 40.3 Å². The van der Waals surface area contributed by atoms with Gasteiger partial charge in [0.15, 0.2) is 0 Å². The number of nitrogens with one attached hydrogen (secondary N) is 1. The van der Waals surface area contributed by atoms with E-state index < -0.39 is 7.82 Å². The third-order valence-electron chi connectivity index (χ3n) is 5.22. The monoisotopic (exact) mass is 471 g/mol. The van der Waals surface area contributed by atoms with E-state index in [1.807, 2.05) is 48.5 Å².